The molecule has 3 aromatic rings. The number of benzene rings is 1. The van der Waals surface area contributed by atoms with Gasteiger partial charge in [-0.1, -0.05) is 49.3 Å². The number of likely N-dealkylation sites (tertiary alicyclic amines) is 1. The van der Waals surface area contributed by atoms with E-state index in [-0.39, 0.29) is 0 Å². The Kier molecular flexibility index (Phi) is 4.40. The van der Waals surface area contributed by atoms with E-state index in [0.29, 0.717) is 12.0 Å². The molecule has 1 aliphatic rings. The van der Waals surface area contributed by atoms with Gasteiger partial charge in [0.05, 0.1) is 23.6 Å². The zero-order chi connectivity index (χ0) is 17.2. The van der Waals surface area contributed by atoms with Crippen molar-refractivity contribution in [3.63, 3.8) is 0 Å². The number of nitrogens with zero attached hydrogens (tertiary/aromatic N) is 3. The summed E-state index contributed by atoms with van der Waals surface area (Å²) in [7, 11) is 0. The molecule has 1 aliphatic heterocycles. The van der Waals surface area contributed by atoms with Crippen LogP contribution < -0.4 is 0 Å². The third-order valence-electron chi connectivity index (χ3n) is 4.98. The van der Waals surface area contributed by atoms with Gasteiger partial charge in [0, 0.05) is 18.2 Å². The van der Waals surface area contributed by atoms with Crippen molar-refractivity contribution in [2.45, 2.75) is 45.2 Å². The van der Waals surface area contributed by atoms with Gasteiger partial charge >= 0.3 is 0 Å². The molecule has 1 aromatic carbocycles. The Morgan fingerprint density at radius 3 is 2.88 bits per heavy atom. The molecule has 1 saturated heterocycles. The van der Waals surface area contributed by atoms with Crippen LogP contribution in [0.2, 0.25) is 0 Å². The first-order valence-corrected chi connectivity index (χ1v) is 9.00. The summed E-state index contributed by atoms with van der Waals surface area (Å²) in [4.78, 5) is 2.47. The summed E-state index contributed by atoms with van der Waals surface area (Å²) in [5, 5.41) is 11.7. The van der Waals surface area contributed by atoms with Crippen LogP contribution >= 0.6 is 0 Å². The van der Waals surface area contributed by atoms with Crippen LogP contribution in [0.4, 0.5) is 0 Å². The van der Waals surface area contributed by atoms with Crippen LogP contribution in [0.3, 0.4) is 0 Å². The molecule has 1 atom stereocenters. The molecule has 5 heteroatoms. The SMILES string of the molecule is CC(C)c1cc([C@H]2CCCN2Cc2cn[nH]c2-c2ccccc2)on1. The lowest BCUT2D eigenvalue weighted by molar-refractivity contribution is 0.206. The van der Waals surface area contributed by atoms with E-state index in [9.17, 15) is 0 Å². The topological polar surface area (TPSA) is 58.0 Å². The maximum absolute atomic E-state index is 5.66. The van der Waals surface area contributed by atoms with Crippen molar-refractivity contribution in [1.82, 2.24) is 20.3 Å². The smallest absolute Gasteiger partial charge is 0.154 e. The Bertz CT molecular complexity index is 821. The summed E-state index contributed by atoms with van der Waals surface area (Å²) >= 11 is 0. The van der Waals surface area contributed by atoms with Gasteiger partial charge in [-0.2, -0.15) is 5.10 Å². The second kappa shape index (κ2) is 6.84. The lowest BCUT2D eigenvalue weighted by atomic mass is 10.1. The van der Waals surface area contributed by atoms with E-state index >= 15 is 0 Å². The van der Waals surface area contributed by atoms with Gasteiger partial charge in [0.2, 0.25) is 0 Å². The number of hydrogen-bond acceptors (Lipinski definition) is 4. The van der Waals surface area contributed by atoms with Crippen LogP contribution in [0.5, 0.6) is 0 Å². The Morgan fingerprint density at radius 2 is 2.12 bits per heavy atom. The molecule has 0 aliphatic carbocycles. The van der Waals surface area contributed by atoms with E-state index in [1.807, 2.05) is 12.3 Å². The second-order valence-corrected chi connectivity index (χ2v) is 7.07. The van der Waals surface area contributed by atoms with Crippen LogP contribution in [0.25, 0.3) is 11.3 Å². The van der Waals surface area contributed by atoms with Crippen molar-refractivity contribution < 1.29 is 4.52 Å². The predicted molar refractivity (Wildman–Crippen MR) is 97.0 cm³/mol. The van der Waals surface area contributed by atoms with E-state index in [0.717, 1.165) is 36.7 Å². The van der Waals surface area contributed by atoms with Crippen molar-refractivity contribution in [3.8, 4) is 11.3 Å². The standard InChI is InChI=1S/C20H24N4O/c1-14(2)17-11-19(25-23-17)18-9-6-10-24(18)13-16-12-21-22-20(16)15-7-4-3-5-8-15/h3-5,7-8,11-12,14,18H,6,9-10,13H2,1-2H3,(H,21,22)/t18-/m1/s1. The van der Waals surface area contributed by atoms with Crippen LogP contribution in [0, 0.1) is 0 Å². The normalized spacial score (nSPS) is 18.3. The molecule has 1 fully saturated rings. The largest absolute Gasteiger partial charge is 0.359 e. The minimum atomic E-state index is 0.304. The molecule has 5 nitrogen and oxygen atoms in total. The van der Waals surface area contributed by atoms with Crippen molar-refractivity contribution in [1.29, 1.82) is 0 Å². The molecule has 4 rings (SSSR count). The van der Waals surface area contributed by atoms with Gasteiger partial charge in [0.1, 0.15) is 0 Å². The van der Waals surface area contributed by atoms with Gasteiger partial charge < -0.3 is 4.52 Å². The van der Waals surface area contributed by atoms with E-state index in [1.165, 1.54) is 17.5 Å². The Hall–Kier alpha value is -2.40. The number of aromatic nitrogens is 3. The first-order valence-electron chi connectivity index (χ1n) is 9.00. The zero-order valence-electron chi connectivity index (χ0n) is 14.8. The predicted octanol–water partition coefficient (Wildman–Crippen LogP) is 4.53. The quantitative estimate of drug-likeness (QED) is 0.744. The summed E-state index contributed by atoms with van der Waals surface area (Å²) < 4.78 is 5.66. The van der Waals surface area contributed by atoms with E-state index in [4.69, 9.17) is 4.52 Å². The minimum absolute atomic E-state index is 0.304. The summed E-state index contributed by atoms with van der Waals surface area (Å²) in [6.07, 6.45) is 4.24. The number of H-pyrrole nitrogens is 1. The van der Waals surface area contributed by atoms with Gasteiger partial charge in [-0.05, 0) is 30.9 Å². The van der Waals surface area contributed by atoms with Crippen molar-refractivity contribution >= 4 is 0 Å². The van der Waals surface area contributed by atoms with Gasteiger partial charge in [-0.3, -0.25) is 10.00 Å². The Morgan fingerprint density at radius 1 is 1.28 bits per heavy atom. The van der Waals surface area contributed by atoms with E-state index in [2.05, 4.69) is 64.4 Å². The maximum Gasteiger partial charge on any atom is 0.154 e. The molecule has 0 bridgehead atoms. The zero-order valence-corrected chi connectivity index (χ0v) is 14.8. The minimum Gasteiger partial charge on any atom is -0.359 e. The maximum atomic E-state index is 5.66. The summed E-state index contributed by atoms with van der Waals surface area (Å²) in [5.41, 5.74) is 4.54. The molecule has 3 heterocycles. The number of hydrogen-bond donors (Lipinski definition) is 1. The second-order valence-electron chi connectivity index (χ2n) is 7.07. The molecule has 0 saturated carbocycles. The van der Waals surface area contributed by atoms with Gasteiger partial charge in [-0.25, -0.2) is 0 Å². The third kappa shape index (κ3) is 3.24. The molecule has 130 valence electrons. The van der Waals surface area contributed by atoms with Crippen molar-refractivity contribution in [3.05, 3.63) is 59.6 Å². The summed E-state index contributed by atoms with van der Waals surface area (Å²) in [6, 6.07) is 12.8. The number of rotatable bonds is 5. The highest BCUT2D eigenvalue weighted by Gasteiger charge is 2.30. The van der Waals surface area contributed by atoms with Crippen LogP contribution in [-0.2, 0) is 6.54 Å². The van der Waals surface area contributed by atoms with Crippen LogP contribution in [0.15, 0.2) is 47.1 Å². The molecule has 0 unspecified atom stereocenters. The highest BCUT2D eigenvalue weighted by atomic mass is 16.5. The molecular formula is C20H24N4O. The first kappa shape index (κ1) is 16.1. The fourth-order valence-corrected chi connectivity index (χ4v) is 3.58. The molecule has 2 aromatic heterocycles. The summed E-state index contributed by atoms with van der Waals surface area (Å²) in [6.45, 7) is 6.22. The molecule has 0 radical (unpaired) electrons. The third-order valence-corrected chi connectivity index (χ3v) is 4.98. The molecule has 25 heavy (non-hydrogen) atoms. The van der Waals surface area contributed by atoms with Crippen LogP contribution in [0.1, 0.15) is 55.7 Å². The molecular weight excluding hydrogens is 312 g/mol. The van der Waals surface area contributed by atoms with Crippen molar-refractivity contribution in [2.24, 2.45) is 0 Å². The number of nitrogens with one attached hydrogen (secondary N) is 1. The van der Waals surface area contributed by atoms with Gasteiger partial charge in [0.25, 0.3) is 0 Å². The van der Waals surface area contributed by atoms with Gasteiger partial charge in [-0.15, -0.1) is 0 Å². The fraction of sp³-hybridized carbons (Fsp3) is 0.400. The van der Waals surface area contributed by atoms with E-state index in [1.54, 1.807) is 0 Å². The molecule has 0 amide bonds. The van der Waals surface area contributed by atoms with Crippen molar-refractivity contribution in [2.75, 3.05) is 6.54 Å². The highest BCUT2D eigenvalue weighted by Crippen LogP contribution is 2.35. The lowest BCUT2D eigenvalue weighted by Crippen LogP contribution is -2.22. The Balaban J connectivity index is 1.55. The average Bonchev–Trinajstić information content (AvgIpc) is 3.36. The van der Waals surface area contributed by atoms with Gasteiger partial charge in [0.15, 0.2) is 5.76 Å². The lowest BCUT2D eigenvalue weighted by Gasteiger charge is -2.22. The molecule has 0 spiro atoms. The van der Waals surface area contributed by atoms with E-state index < -0.39 is 0 Å². The highest BCUT2D eigenvalue weighted by molar-refractivity contribution is 5.62. The first-order chi connectivity index (χ1) is 12.2. The monoisotopic (exact) mass is 336 g/mol. The number of aromatic amines is 1. The Labute approximate surface area is 148 Å². The fourth-order valence-electron chi connectivity index (χ4n) is 3.58. The molecule has 1 N–H and O–H groups in total. The van der Waals surface area contributed by atoms with Crippen LogP contribution in [-0.4, -0.2) is 26.8 Å². The average molecular weight is 336 g/mol. The summed E-state index contributed by atoms with van der Waals surface area (Å²) in [5.74, 6) is 1.39.